The molecule has 0 bridgehead atoms. The van der Waals surface area contributed by atoms with Crippen LogP contribution < -0.4 is 11.1 Å². The van der Waals surface area contributed by atoms with Crippen molar-refractivity contribution < 1.29 is 4.79 Å². The van der Waals surface area contributed by atoms with Crippen LogP contribution in [-0.4, -0.2) is 63.6 Å². The normalized spacial score (nSPS) is 17.4. The summed E-state index contributed by atoms with van der Waals surface area (Å²) in [6, 6.07) is 9.51. The lowest BCUT2D eigenvalue weighted by atomic mass is 9.93. The molecular weight excluding hydrogens is 474 g/mol. The second kappa shape index (κ2) is 10.9. The molecule has 36 heavy (non-hydrogen) atoms. The molecule has 5 rings (SSSR count). The molecule has 8 nitrogen and oxygen atoms in total. The third-order valence-corrected chi connectivity index (χ3v) is 7.70. The maximum atomic E-state index is 12.8. The Morgan fingerprint density at radius 2 is 1.92 bits per heavy atom. The summed E-state index contributed by atoms with van der Waals surface area (Å²) >= 11 is 5.88. The first kappa shape index (κ1) is 24.6. The van der Waals surface area contributed by atoms with E-state index in [1.807, 2.05) is 17.0 Å². The van der Waals surface area contributed by atoms with Gasteiger partial charge in [0, 0.05) is 66.2 Å². The third kappa shape index (κ3) is 5.50. The Morgan fingerprint density at radius 1 is 1.14 bits per heavy atom. The van der Waals surface area contributed by atoms with Crippen LogP contribution in [0.5, 0.6) is 0 Å². The fraction of sp³-hybridized carbons (Fsp3) is 0.444. The van der Waals surface area contributed by atoms with E-state index in [-0.39, 0.29) is 11.1 Å². The predicted molar refractivity (Wildman–Crippen MR) is 146 cm³/mol. The van der Waals surface area contributed by atoms with Gasteiger partial charge in [0.25, 0.3) is 0 Å². The molecule has 1 aromatic carbocycles. The minimum Gasteiger partial charge on any atom is -0.398 e. The van der Waals surface area contributed by atoms with Crippen molar-refractivity contribution >= 4 is 50.8 Å². The zero-order chi connectivity index (χ0) is 25.1. The number of carbonyl (C=O) groups excluding carboxylic acids is 1. The van der Waals surface area contributed by atoms with Gasteiger partial charge in [0.1, 0.15) is 10.8 Å². The number of benzene rings is 1. The van der Waals surface area contributed by atoms with Gasteiger partial charge in [-0.15, -0.1) is 0 Å². The number of halogens is 1. The maximum absolute atomic E-state index is 12.8. The van der Waals surface area contributed by atoms with Crippen LogP contribution in [0.1, 0.15) is 55.7 Å². The number of rotatable bonds is 7. The zero-order valence-electron chi connectivity index (χ0n) is 20.5. The molecule has 4 heterocycles. The number of fused-ring (bicyclic) bond motifs is 1. The summed E-state index contributed by atoms with van der Waals surface area (Å²) in [4.78, 5) is 25.3. The van der Waals surface area contributed by atoms with Crippen LogP contribution in [0, 0.1) is 5.41 Å². The van der Waals surface area contributed by atoms with Gasteiger partial charge in [-0.25, -0.2) is 4.98 Å². The standard InChI is InChI=1S/C27H34ClN7O/c28-26(30)20-16-19(4-5-22(20)29)32-23-6-10-31-27-21(23)17-24(33-27)18-7-14-35(15-8-18)25(36)9-13-34-11-2-1-3-12-34/h4-6,10,16-18,30H,1-3,7-9,11-15,29H2,(H2,31,32,33). The van der Waals surface area contributed by atoms with E-state index in [0.29, 0.717) is 23.6 Å². The summed E-state index contributed by atoms with van der Waals surface area (Å²) in [5.41, 5.74) is 10.6. The molecule has 5 N–H and O–H groups in total. The van der Waals surface area contributed by atoms with Crippen LogP contribution in [0.25, 0.3) is 11.0 Å². The molecule has 2 fully saturated rings. The largest absolute Gasteiger partial charge is 0.398 e. The summed E-state index contributed by atoms with van der Waals surface area (Å²) in [7, 11) is 0. The smallest absolute Gasteiger partial charge is 0.223 e. The van der Waals surface area contributed by atoms with E-state index >= 15 is 0 Å². The van der Waals surface area contributed by atoms with Crippen LogP contribution >= 0.6 is 11.6 Å². The Bertz CT molecular complexity index is 1240. The number of H-pyrrole nitrogens is 1. The topological polar surface area (TPSA) is 114 Å². The van der Waals surface area contributed by atoms with Gasteiger partial charge in [0.05, 0.1) is 5.69 Å². The number of anilines is 3. The van der Waals surface area contributed by atoms with E-state index in [9.17, 15) is 4.79 Å². The van der Waals surface area contributed by atoms with Gasteiger partial charge in [-0.05, 0) is 69.1 Å². The molecule has 0 radical (unpaired) electrons. The molecule has 3 aromatic rings. The van der Waals surface area contributed by atoms with Crippen molar-refractivity contribution in [2.24, 2.45) is 0 Å². The monoisotopic (exact) mass is 507 g/mol. The summed E-state index contributed by atoms with van der Waals surface area (Å²) in [6.45, 7) is 4.77. The fourth-order valence-electron chi connectivity index (χ4n) is 5.39. The van der Waals surface area contributed by atoms with E-state index in [4.69, 9.17) is 22.7 Å². The summed E-state index contributed by atoms with van der Waals surface area (Å²) in [6.07, 6.45) is 8.14. The third-order valence-electron chi connectivity index (χ3n) is 7.50. The quantitative estimate of drug-likeness (QED) is 0.264. The van der Waals surface area contributed by atoms with E-state index < -0.39 is 0 Å². The van der Waals surface area contributed by atoms with Crippen molar-refractivity contribution in [2.75, 3.05) is 43.8 Å². The highest BCUT2D eigenvalue weighted by Crippen LogP contribution is 2.33. The number of nitrogens with zero attached hydrogens (tertiary/aromatic N) is 3. The van der Waals surface area contributed by atoms with Crippen LogP contribution in [0.2, 0.25) is 0 Å². The molecule has 190 valence electrons. The van der Waals surface area contributed by atoms with Crippen molar-refractivity contribution in [3.8, 4) is 0 Å². The second-order valence-corrected chi connectivity index (χ2v) is 10.3. The van der Waals surface area contributed by atoms with Gasteiger partial charge in [0.15, 0.2) is 0 Å². The minimum absolute atomic E-state index is 0.0868. The number of amides is 1. The molecule has 0 atom stereocenters. The molecule has 2 aliphatic heterocycles. The SMILES string of the molecule is N=C(Cl)c1cc(Nc2ccnc3[nH]c(C4CCN(C(=O)CCN5CCCCC5)CC4)cc23)ccc1N. The highest BCUT2D eigenvalue weighted by Gasteiger charge is 2.25. The lowest BCUT2D eigenvalue weighted by Crippen LogP contribution is -2.40. The van der Waals surface area contributed by atoms with Gasteiger partial charge in [-0.3, -0.25) is 10.2 Å². The lowest BCUT2D eigenvalue weighted by Gasteiger charge is -2.33. The Balaban J connectivity index is 1.22. The predicted octanol–water partition coefficient (Wildman–Crippen LogP) is 5.03. The average molecular weight is 508 g/mol. The van der Waals surface area contributed by atoms with Crippen LogP contribution in [-0.2, 0) is 4.79 Å². The van der Waals surface area contributed by atoms with Crippen LogP contribution in [0.3, 0.4) is 0 Å². The van der Waals surface area contributed by atoms with Gasteiger partial charge >= 0.3 is 0 Å². The van der Waals surface area contributed by atoms with E-state index in [0.717, 1.165) is 73.7 Å². The van der Waals surface area contributed by atoms with Gasteiger partial charge in [0.2, 0.25) is 5.91 Å². The number of hydrogen-bond donors (Lipinski definition) is 4. The Morgan fingerprint density at radius 3 is 2.67 bits per heavy atom. The molecule has 9 heteroatoms. The Kier molecular flexibility index (Phi) is 7.43. The number of nitrogens with one attached hydrogen (secondary N) is 3. The van der Waals surface area contributed by atoms with Gasteiger partial charge < -0.3 is 25.8 Å². The first-order valence-electron chi connectivity index (χ1n) is 12.9. The maximum Gasteiger partial charge on any atom is 0.223 e. The number of nitrogens with two attached hydrogens (primary N) is 1. The first-order chi connectivity index (χ1) is 17.5. The summed E-state index contributed by atoms with van der Waals surface area (Å²) in [5.74, 6) is 0.662. The minimum atomic E-state index is -0.0868. The van der Waals surface area contributed by atoms with Crippen LogP contribution in [0.15, 0.2) is 36.5 Å². The van der Waals surface area contributed by atoms with Crippen molar-refractivity contribution in [3.05, 3.63) is 47.8 Å². The first-order valence-corrected chi connectivity index (χ1v) is 13.2. The number of carbonyl (C=O) groups is 1. The molecule has 2 aromatic heterocycles. The highest BCUT2D eigenvalue weighted by molar-refractivity contribution is 6.69. The Labute approximate surface area is 216 Å². The van der Waals surface area contributed by atoms with E-state index in [1.54, 1.807) is 18.3 Å². The van der Waals surface area contributed by atoms with Gasteiger partial charge in [-0.1, -0.05) is 18.0 Å². The highest BCUT2D eigenvalue weighted by atomic mass is 35.5. The molecule has 2 saturated heterocycles. The molecule has 0 aliphatic carbocycles. The van der Waals surface area contributed by atoms with Crippen LogP contribution in [0.4, 0.5) is 17.1 Å². The number of aromatic nitrogens is 2. The van der Waals surface area contributed by atoms with Crippen molar-refractivity contribution in [3.63, 3.8) is 0 Å². The summed E-state index contributed by atoms with van der Waals surface area (Å²) < 4.78 is 0. The molecule has 0 unspecified atom stereocenters. The molecule has 1 amide bonds. The van der Waals surface area contributed by atoms with E-state index in [1.165, 1.54) is 19.3 Å². The van der Waals surface area contributed by atoms with Gasteiger partial charge in [-0.2, -0.15) is 0 Å². The number of nitrogen functional groups attached to an aromatic ring is 1. The lowest BCUT2D eigenvalue weighted by molar-refractivity contribution is -0.132. The van der Waals surface area contributed by atoms with E-state index in [2.05, 4.69) is 26.3 Å². The average Bonchev–Trinajstić information content (AvgIpc) is 3.34. The number of hydrogen-bond acceptors (Lipinski definition) is 6. The molecule has 2 aliphatic rings. The number of pyridine rings is 1. The number of likely N-dealkylation sites (tertiary alicyclic amines) is 2. The fourth-order valence-corrected chi connectivity index (χ4v) is 5.55. The molecule has 0 saturated carbocycles. The zero-order valence-corrected chi connectivity index (χ0v) is 21.3. The van der Waals surface area contributed by atoms with Crippen molar-refractivity contribution in [1.29, 1.82) is 5.41 Å². The number of aromatic amines is 1. The summed E-state index contributed by atoms with van der Waals surface area (Å²) in [5, 5.41) is 12.1. The molecular formula is C27H34ClN7O. The second-order valence-electron chi connectivity index (χ2n) is 9.89. The van der Waals surface area contributed by atoms with Crippen molar-refractivity contribution in [1.82, 2.24) is 19.8 Å². The Hall–Kier alpha value is -3.10. The van der Waals surface area contributed by atoms with Crippen molar-refractivity contribution in [2.45, 2.75) is 44.4 Å². The number of piperidine rings is 2. The molecule has 0 spiro atoms.